The van der Waals surface area contributed by atoms with Crippen LogP contribution in [0.25, 0.3) is 59.6 Å². The summed E-state index contributed by atoms with van der Waals surface area (Å²) in [5.41, 5.74) is 11.0. The first kappa shape index (κ1) is 40.1. The number of nitrogens with zero attached hydrogens (tertiary/aromatic N) is 5. The average Bonchev–Trinajstić information content (AvgIpc) is 3.83. The molecule has 11 rings (SSSR count). The van der Waals surface area contributed by atoms with Crippen LogP contribution in [-0.4, -0.2) is 20.5 Å². The minimum atomic E-state index is -1.58. The van der Waals surface area contributed by atoms with Crippen molar-refractivity contribution in [1.82, 2.24) is 4.40 Å². The molecule has 0 spiro atoms. The van der Waals surface area contributed by atoms with Crippen LogP contribution in [0, 0.1) is 22.7 Å². The molecule has 312 valence electrons. The number of aromatic nitrogens is 1. The summed E-state index contributed by atoms with van der Waals surface area (Å²) < 4.78 is 2.51. The van der Waals surface area contributed by atoms with E-state index in [0.29, 0.717) is 11.1 Å². The van der Waals surface area contributed by atoms with Crippen molar-refractivity contribution in [3.8, 4) is 12.1 Å². The smallest absolute Gasteiger partial charge is 0.0991 e. The van der Waals surface area contributed by atoms with Crippen LogP contribution in [0.15, 0.2) is 176 Å². The van der Waals surface area contributed by atoms with E-state index < -0.39 is 16.1 Å². The van der Waals surface area contributed by atoms with E-state index in [9.17, 15) is 10.5 Å². The third kappa shape index (κ3) is 6.46. The van der Waals surface area contributed by atoms with Gasteiger partial charge in [-0.15, -0.1) is 0 Å². The maximum atomic E-state index is 9.86. The summed E-state index contributed by atoms with van der Waals surface area (Å²) in [7, 11) is -3.16. The molecule has 5 nitrogen and oxygen atoms in total. The number of benzene rings is 9. The minimum Gasteiger partial charge on any atom is -0.309 e. The molecule has 0 aliphatic carbocycles. The van der Waals surface area contributed by atoms with Gasteiger partial charge in [-0.05, 0) is 95.7 Å². The van der Waals surface area contributed by atoms with Crippen molar-refractivity contribution in [3.63, 3.8) is 0 Å². The molecule has 0 N–H and O–H groups in total. The Labute approximate surface area is 381 Å². The first-order valence-electron chi connectivity index (χ1n) is 22.3. The Morgan fingerprint density at radius 2 is 0.738 bits per heavy atom. The predicted octanol–water partition coefficient (Wildman–Crippen LogP) is 14.9. The van der Waals surface area contributed by atoms with E-state index in [0.717, 1.165) is 66.7 Å². The molecule has 0 fully saturated rings. The monoisotopic (exact) mass is 869 g/mol. The van der Waals surface area contributed by atoms with Crippen molar-refractivity contribution >= 4 is 120 Å². The van der Waals surface area contributed by atoms with Crippen molar-refractivity contribution in [3.05, 3.63) is 187 Å². The molecule has 0 atom stereocenters. The second-order valence-corrected chi connectivity index (χ2v) is 29.5. The molecule has 0 amide bonds. The molecular formula is C58H47N5Si2. The van der Waals surface area contributed by atoms with Crippen LogP contribution >= 0.6 is 0 Å². The average molecular weight is 870 g/mol. The summed E-state index contributed by atoms with van der Waals surface area (Å²) in [5, 5.41) is 31.8. The lowest BCUT2D eigenvalue weighted by molar-refractivity contribution is 1.30. The maximum Gasteiger partial charge on any atom is 0.0991 e. The van der Waals surface area contributed by atoms with E-state index in [1.54, 1.807) is 0 Å². The van der Waals surface area contributed by atoms with Crippen LogP contribution < -0.4 is 20.2 Å². The van der Waals surface area contributed by atoms with Gasteiger partial charge in [-0.3, -0.25) is 0 Å². The van der Waals surface area contributed by atoms with Gasteiger partial charge in [0, 0.05) is 55.1 Å². The summed E-state index contributed by atoms with van der Waals surface area (Å²) in [6, 6.07) is 68.1. The van der Waals surface area contributed by atoms with E-state index in [2.05, 4.69) is 217 Å². The van der Waals surface area contributed by atoms with Crippen molar-refractivity contribution in [2.75, 3.05) is 9.80 Å². The second kappa shape index (κ2) is 15.0. The van der Waals surface area contributed by atoms with Crippen LogP contribution in [-0.2, 0) is 0 Å². The van der Waals surface area contributed by atoms with E-state index in [1.807, 2.05) is 24.3 Å². The lowest BCUT2D eigenvalue weighted by Crippen LogP contribution is -2.37. The van der Waals surface area contributed by atoms with E-state index >= 15 is 0 Å². The summed E-state index contributed by atoms with van der Waals surface area (Å²) in [6.07, 6.45) is 0. The lowest BCUT2D eigenvalue weighted by atomic mass is 9.97. The van der Waals surface area contributed by atoms with Crippen LogP contribution in [0.5, 0.6) is 0 Å². The molecule has 0 aliphatic rings. The Morgan fingerprint density at radius 1 is 0.400 bits per heavy atom. The van der Waals surface area contributed by atoms with Crippen LogP contribution in [0.2, 0.25) is 39.3 Å². The quantitative estimate of drug-likeness (QED) is 0.143. The number of fused-ring (bicyclic) bond motifs is 8. The van der Waals surface area contributed by atoms with Gasteiger partial charge in [0.2, 0.25) is 0 Å². The summed E-state index contributed by atoms with van der Waals surface area (Å²) in [6.45, 7) is 14.3. The zero-order chi connectivity index (χ0) is 44.8. The van der Waals surface area contributed by atoms with Crippen molar-refractivity contribution in [1.29, 1.82) is 10.5 Å². The molecule has 0 saturated carbocycles. The molecule has 0 saturated heterocycles. The zero-order valence-corrected chi connectivity index (χ0v) is 39.5. The van der Waals surface area contributed by atoms with Gasteiger partial charge in [0.15, 0.2) is 0 Å². The third-order valence-corrected chi connectivity index (χ3v) is 17.4. The molecule has 9 aromatic carbocycles. The van der Waals surface area contributed by atoms with Crippen molar-refractivity contribution in [2.24, 2.45) is 0 Å². The molecule has 2 heterocycles. The number of nitriles is 2. The van der Waals surface area contributed by atoms with Crippen LogP contribution in [0.3, 0.4) is 0 Å². The Morgan fingerprint density at radius 3 is 1.09 bits per heavy atom. The maximum absolute atomic E-state index is 9.86. The molecule has 11 aromatic rings. The standard InChI is InChI=1S/C58H47N5Si2/c1-64(2,3)46-30-26-44(27-31-46)61(42-22-18-38(36-59)19-23-42)57-48-14-9-7-12-40(48)34-52-54(57)50-16-11-17-51-55-53(63(52)56(50)51)35-41-13-8-10-15-49(41)58(55)62(43-24-20-39(37-60)21-25-43)45-28-32-47(33-29-45)65(4,5)6/h7-35H,1-6H3. The Kier molecular flexibility index (Phi) is 9.23. The fraction of sp³-hybridized carbons (Fsp3) is 0.103. The van der Waals surface area contributed by atoms with Gasteiger partial charge in [-0.25, -0.2) is 0 Å². The lowest BCUT2D eigenvalue weighted by Gasteiger charge is -2.29. The summed E-state index contributed by atoms with van der Waals surface area (Å²) >= 11 is 0. The summed E-state index contributed by atoms with van der Waals surface area (Å²) in [5.74, 6) is 0. The predicted molar refractivity (Wildman–Crippen MR) is 281 cm³/mol. The second-order valence-electron chi connectivity index (χ2n) is 19.3. The molecule has 0 aliphatic heterocycles. The molecular weight excluding hydrogens is 823 g/mol. The fourth-order valence-electron chi connectivity index (χ4n) is 9.94. The number of hydrogen-bond donors (Lipinski definition) is 0. The highest BCUT2D eigenvalue weighted by Crippen LogP contribution is 2.53. The van der Waals surface area contributed by atoms with Gasteiger partial charge in [0.05, 0.1) is 67.3 Å². The largest absolute Gasteiger partial charge is 0.309 e. The minimum absolute atomic E-state index is 0.628. The van der Waals surface area contributed by atoms with E-state index in [-0.39, 0.29) is 0 Å². The van der Waals surface area contributed by atoms with Crippen LogP contribution in [0.4, 0.5) is 34.1 Å². The third-order valence-electron chi connectivity index (χ3n) is 13.2. The molecule has 2 aromatic heterocycles. The number of anilines is 6. The van der Waals surface area contributed by atoms with Gasteiger partial charge < -0.3 is 14.2 Å². The highest BCUT2D eigenvalue weighted by Gasteiger charge is 2.29. The van der Waals surface area contributed by atoms with E-state index in [4.69, 9.17) is 0 Å². The van der Waals surface area contributed by atoms with Gasteiger partial charge in [0.1, 0.15) is 0 Å². The Hall–Kier alpha value is -7.69. The SMILES string of the molecule is C[Si](C)(C)c1ccc(N(c2ccc(C#N)cc2)c2c3ccccc3cc3c2c2cccc4c5c(N(c6ccc(C#N)cc6)c6ccc([Si](C)(C)C)cc6)c6ccccc6cc5n3c24)cc1. The molecule has 65 heavy (non-hydrogen) atoms. The first-order valence-corrected chi connectivity index (χ1v) is 29.3. The van der Waals surface area contributed by atoms with Gasteiger partial charge >= 0.3 is 0 Å². The molecule has 0 radical (unpaired) electrons. The van der Waals surface area contributed by atoms with Gasteiger partial charge in [-0.1, -0.05) is 141 Å². The first-order chi connectivity index (χ1) is 31.4. The topological polar surface area (TPSA) is 58.5 Å². The highest BCUT2D eigenvalue weighted by atomic mass is 28.3. The van der Waals surface area contributed by atoms with Gasteiger partial charge in [0.25, 0.3) is 0 Å². The van der Waals surface area contributed by atoms with Crippen LogP contribution in [0.1, 0.15) is 11.1 Å². The van der Waals surface area contributed by atoms with Crippen molar-refractivity contribution in [2.45, 2.75) is 39.3 Å². The summed E-state index contributed by atoms with van der Waals surface area (Å²) in [4.78, 5) is 4.81. The number of rotatable bonds is 8. The van der Waals surface area contributed by atoms with Gasteiger partial charge in [-0.2, -0.15) is 10.5 Å². The number of para-hydroxylation sites is 1. The number of hydrogen-bond acceptors (Lipinski definition) is 4. The zero-order valence-electron chi connectivity index (χ0n) is 37.5. The molecule has 0 unspecified atom stereocenters. The normalized spacial score (nSPS) is 12.1. The Balaban J connectivity index is 1.28. The van der Waals surface area contributed by atoms with E-state index in [1.165, 1.54) is 37.4 Å². The Bertz CT molecular complexity index is 3490. The molecule has 0 bridgehead atoms. The highest BCUT2D eigenvalue weighted by molar-refractivity contribution is 6.89. The fourth-order valence-corrected chi connectivity index (χ4v) is 12.3. The van der Waals surface area contributed by atoms with Crippen molar-refractivity contribution < 1.29 is 0 Å². The molecule has 7 heteroatoms.